The second-order valence-electron chi connectivity index (χ2n) is 10.7. The van der Waals surface area contributed by atoms with Crippen LogP contribution in [0.15, 0.2) is 71.3 Å². The fraction of sp³-hybridized carbons (Fsp3) is 0.471. The Kier molecular flexibility index (Phi) is 13.5. The average Bonchev–Trinajstić information content (AvgIpc) is 3.40. The van der Waals surface area contributed by atoms with Crippen molar-refractivity contribution in [2.24, 2.45) is 0 Å². The van der Waals surface area contributed by atoms with Crippen molar-refractivity contribution in [1.29, 1.82) is 0 Å². The van der Waals surface area contributed by atoms with Crippen LogP contribution in [0, 0.1) is 0 Å². The lowest BCUT2D eigenvalue weighted by Gasteiger charge is -2.28. The van der Waals surface area contributed by atoms with Gasteiger partial charge in [0.15, 0.2) is 0 Å². The van der Waals surface area contributed by atoms with Crippen molar-refractivity contribution in [2.75, 3.05) is 19.6 Å². The first-order chi connectivity index (χ1) is 19.4. The van der Waals surface area contributed by atoms with Gasteiger partial charge in [0, 0.05) is 41.6 Å². The minimum atomic E-state index is -0.0678. The molecule has 1 aromatic heterocycles. The molecule has 0 radical (unpaired) electrons. The van der Waals surface area contributed by atoms with Crippen LogP contribution in [-0.2, 0) is 24.3 Å². The molecule has 2 amide bonds. The van der Waals surface area contributed by atoms with Gasteiger partial charge in [-0.05, 0) is 73.2 Å². The Hall–Kier alpha value is -2.86. The topological polar surface area (TPSA) is 45.6 Å². The fourth-order valence-electron chi connectivity index (χ4n) is 4.91. The number of amides is 2. The molecule has 2 aromatic carbocycles. The lowest BCUT2D eigenvalue weighted by molar-refractivity contribution is -0.132. The molecule has 3 aromatic rings. The van der Waals surface area contributed by atoms with Crippen LogP contribution in [0.4, 0.5) is 0 Å². The lowest BCUT2D eigenvalue weighted by Crippen LogP contribution is -2.43. The van der Waals surface area contributed by atoms with Crippen molar-refractivity contribution in [3.63, 3.8) is 0 Å². The zero-order chi connectivity index (χ0) is 28.7. The zero-order valence-corrected chi connectivity index (χ0v) is 26.2. The molecule has 5 nitrogen and oxygen atoms in total. The first kappa shape index (κ1) is 31.7. The van der Waals surface area contributed by atoms with Gasteiger partial charge in [0.1, 0.15) is 6.54 Å². The van der Waals surface area contributed by atoms with Crippen molar-refractivity contribution in [3.8, 4) is 0 Å². The van der Waals surface area contributed by atoms with E-state index in [-0.39, 0.29) is 18.4 Å². The summed E-state index contributed by atoms with van der Waals surface area (Å²) in [5, 5.41) is 0. The van der Waals surface area contributed by atoms with Crippen molar-refractivity contribution in [3.05, 3.63) is 93.7 Å². The Morgan fingerprint density at radius 1 is 0.750 bits per heavy atom. The number of halogens is 1. The number of aromatic nitrogens is 1. The standard InChI is InChI=1S/C34H46BrN3O2/c1-4-7-9-10-12-28-14-18-30(19-15-28)34(40)38(22-6-3)27-33(39)37(23-8-5-2)26-32-13-11-24-36(32)25-29-16-20-31(35)21-17-29/h11,13-21,24H,4-10,12,22-23,25-27H2,1-3H3. The van der Waals surface area contributed by atoms with E-state index in [1.165, 1.54) is 36.8 Å². The summed E-state index contributed by atoms with van der Waals surface area (Å²) in [4.78, 5) is 30.8. The first-order valence-electron chi connectivity index (χ1n) is 15.0. The van der Waals surface area contributed by atoms with Crippen LogP contribution < -0.4 is 0 Å². The zero-order valence-electron chi connectivity index (χ0n) is 24.6. The molecule has 0 bridgehead atoms. The van der Waals surface area contributed by atoms with Crippen molar-refractivity contribution in [1.82, 2.24) is 14.4 Å². The van der Waals surface area contributed by atoms with Gasteiger partial charge >= 0.3 is 0 Å². The number of nitrogens with zero attached hydrogens (tertiary/aromatic N) is 3. The number of carbonyl (C=O) groups excluding carboxylic acids is 2. The third-order valence-electron chi connectivity index (χ3n) is 7.30. The monoisotopic (exact) mass is 607 g/mol. The summed E-state index contributed by atoms with van der Waals surface area (Å²) in [5.74, 6) is -0.0685. The third-order valence-corrected chi connectivity index (χ3v) is 7.83. The Morgan fingerprint density at radius 2 is 1.45 bits per heavy atom. The van der Waals surface area contributed by atoms with Crippen LogP contribution in [0.3, 0.4) is 0 Å². The van der Waals surface area contributed by atoms with Crippen molar-refractivity contribution < 1.29 is 9.59 Å². The predicted octanol–water partition coefficient (Wildman–Crippen LogP) is 8.10. The minimum Gasteiger partial charge on any atom is -0.345 e. The third kappa shape index (κ3) is 9.96. The van der Waals surface area contributed by atoms with Crippen LogP contribution in [0.5, 0.6) is 0 Å². The highest BCUT2D eigenvalue weighted by atomic mass is 79.9. The number of aryl methyl sites for hydroxylation is 1. The molecule has 0 saturated heterocycles. The number of unbranched alkanes of at least 4 members (excludes halogenated alkanes) is 4. The van der Waals surface area contributed by atoms with E-state index in [1.807, 2.05) is 30.0 Å². The summed E-state index contributed by atoms with van der Waals surface area (Å²) in [6, 6.07) is 20.4. The van der Waals surface area contributed by atoms with Crippen LogP contribution in [0.2, 0.25) is 0 Å². The molecule has 216 valence electrons. The van der Waals surface area contributed by atoms with Crippen LogP contribution in [0.1, 0.15) is 92.9 Å². The molecule has 0 saturated carbocycles. The second kappa shape index (κ2) is 17.1. The Bertz CT molecular complexity index is 1170. The highest BCUT2D eigenvalue weighted by Gasteiger charge is 2.22. The Labute approximate surface area is 249 Å². The molecule has 0 spiro atoms. The molecule has 0 N–H and O–H groups in total. The van der Waals surface area contributed by atoms with E-state index in [0.717, 1.165) is 42.4 Å². The van der Waals surface area contributed by atoms with Gasteiger partial charge in [-0.25, -0.2) is 0 Å². The van der Waals surface area contributed by atoms with Gasteiger partial charge in [0.25, 0.3) is 5.91 Å². The molecule has 3 rings (SSSR count). The molecule has 40 heavy (non-hydrogen) atoms. The molecule has 0 atom stereocenters. The van der Waals surface area contributed by atoms with Crippen molar-refractivity contribution >= 4 is 27.7 Å². The van der Waals surface area contributed by atoms with E-state index in [9.17, 15) is 9.59 Å². The molecule has 6 heteroatoms. The number of carbonyl (C=O) groups is 2. The number of hydrogen-bond acceptors (Lipinski definition) is 2. The Balaban J connectivity index is 1.67. The van der Waals surface area contributed by atoms with Gasteiger partial charge in [-0.3, -0.25) is 9.59 Å². The summed E-state index contributed by atoms with van der Waals surface area (Å²) < 4.78 is 3.26. The van der Waals surface area contributed by atoms with E-state index in [2.05, 4.69) is 83.0 Å². The summed E-state index contributed by atoms with van der Waals surface area (Å²) >= 11 is 3.50. The van der Waals surface area contributed by atoms with Crippen LogP contribution in [0.25, 0.3) is 0 Å². The van der Waals surface area contributed by atoms with E-state index < -0.39 is 0 Å². The summed E-state index contributed by atoms with van der Waals surface area (Å²) in [5.41, 5.74) is 4.22. The SMILES string of the molecule is CCCCCCc1ccc(C(=O)N(CCC)CC(=O)N(CCCC)Cc2cccn2Cc2ccc(Br)cc2)cc1. The van der Waals surface area contributed by atoms with Crippen molar-refractivity contribution in [2.45, 2.75) is 85.2 Å². The molecule has 0 aliphatic rings. The van der Waals surface area contributed by atoms with Gasteiger partial charge in [0.05, 0.1) is 6.54 Å². The largest absolute Gasteiger partial charge is 0.345 e. The average molecular weight is 609 g/mol. The van der Waals surface area contributed by atoms with Gasteiger partial charge in [-0.1, -0.05) is 86.6 Å². The molecule has 0 unspecified atom stereocenters. The maximum atomic E-state index is 13.6. The molecular weight excluding hydrogens is 562 g/mol. The minimum absolute atomic E-state index is 0.000754. The fourth-order valence-corrected chi connectivity index (χ4v) is 5.17. The van der Waals surface area contributed by atoms with Gasteiger partial charge < -0.3 is 14.4 Å². The van der Waals surface area contributed by atoms with E-state index in [4.69, 9.17) is 0 Å². The molecule has 0 fully saturated rings. The number of rotatable bonds is 17. The summed E-state index contributed by atoms with van der Waals surface area (Å²) in [6.45, 7) is 9.03. The first-order valence-corrected chi connectivity index (χ1v) is 15.8. The van der Waals surface area contributed by atoms with E-state index >= 15 is 0 Å². The molecule has 0 aliphatic carbocycles. The molecule has 1 heterocycles. The molecule has 0 aliphatic heterocycles. The Morgan fingerprint density at radius 3 is 2.12 bits per heavy atom. The number of hydrogen-bond donors (Lipinski definition) is 0. The normalized spacial score (nSPS) is 11.0. The van der Waals surface area contributed by atoms with E-state index in [0.29, 0.717) is 25.2 Å². The molecular formula is C34H46BrN3O2. The van der Waals surface area contributed by atoms with Crippen LogP contribution >= 0.6 is 15.9 Å². The van der Waals surface area contributed by atoms with E-state index in [1.54, 1.807) is 4.90 Å². The maximum Gasteiger partial charge on any atom is 0.254 e. The quantitative estimate of drug-likeness (QED) is 0.145. The van der Waals surface area contributed by atoms with Gasteiger partial charge in [-0.15, -0.1) is 0 Å². The second-order valence-corrected chi connectivity index (χ2v) is 11.6. The highest BCUT2D eigenvalue weighted by molar-refractivity contribution is 9.10. The maximum absolute atomic E-state index is 13.6. The lowest BCUT2D eigenvalue weighted by atomic mass is 10.0. The van der Waals surface area contributed by atoms with Gasteiger partial charge in [-0.2, -0.15) is 0 Å². The van der Waals surface area contributed by atoms with Crippen LogP contribution in [-0.4, -0.2) is 45.8 Å². The smallest absolute Gasteiger partial charge is 0.254 e. The summed E-state index contributed by atoms with van der Waals surface area (Å²) in [7, 11) is 0. The van der Waals surface area contributed by atoms with Gasteiger partial charge in [0.2, 0.25) is 5.91 Å². The highest BCUT2D eigenvalue weighted by Crippen LogP contribution is 2.16. The predicted molar refractivity (Wildman–Crippen MR) is 168 cm³/mol. The summed E-state index contributed by atoms with van der Waals surface area (Å²) in [6.07, 6.45) is 10.8. The number of benzene rings is 2.